The summed E-state index contributed by atoms with van der Waals surface area (Å²) in [4.78, 5) is 16.9. The van der Waals surface area contributed by atoms with Gasteiger partial charge in [0.2, 0.25) is 0 Å². The molecule has 1 aromatic carbocycles. The molecule has 3 aromatic heterocycles. The Bertz CT molecular complexity index is 1790. The van der Waals surface area contributed by atoms with E-state index in [0.717, 1.165) is 10.2 Å². The fourth-order valence-electron chi connectivity index (χ4n) is 5.09. The summed E-state index contributed by atoms with van der Waals surface area (Å²) in [5, 5.41) is 7.80. The van der Waals surface area contributed by atoms with Crippen molar-refractivity contribution in [3.63, 3.8) is 0 Å². The van der Waals surface area contributed by atoms with Crippen LogP contribution in [0.2, 0.25) is 10.3 Å². The van der Waals surface area contributed by atoms with Gasteiger partial charge in [-0.05, 0) is 42.4 Å². The second kappa shape index (κ2) is 12.5. The molecule has 2 atom stereocenters. The number of benzene rings is 1. The molecule has 226 valence electrons. The summed E-state index contributed by atoms with van der Waals surface area (Å²) in [5.41, 5.74) is 9.54. The first-order valence-corrected chi connectivity index (χ1v) is 14.7. The predicted octanol–water partition coefficient (Wildman–Crippen LogP) is 2.60. The maximum absolute atomic E-state index is 14.7. The Balaban J connectivity index is 1.71. The standard InChI is InChI=1S/C29H28B5ClFN7O3/c1-13(2)22(37)27(44)45-12-39-26-21-8-15(10-38-26)24-20(25(35)41-43(24)29(33,34)28(30,31)32)7-16-11-42(4)40-23(16)18-6-5-17(36)9-19(18)14(3)46-21/h5-6,8-11,13-14,22H,7,12,37H2,1-4H3,(H,38,39)/t14-,22?/m1/s1. The molecule has 0 aliphatic carbocycles. The Morgan fingerprint density at radius 3 is 2.63 bits per heavy atom. The van der Waals surface area contributed by atoms with Gasteiger partial charge >= 0.3 is 5.97 Å². The fourth-order valence-corrected chi connectivity index (χ4v) is 5.32. The number of fused-ring (bicyclic) bond motifs is 7. The number of anilines is 1. The monoisotopic (exact) mass is 631 g/mol. The molecule has 10 radical (unpaired) electrons. The van der Waals surface area contributed by atoms with Gasteiger partial charge in [-0.2, -0.15) is 10.2 Å². The molecule has 0 saturated heterocycles. The van der Waals surface area contributed by atoms with Gasteiger partial charge in [0, 0.05) is 53.7 Å². The van der Waals surface area contributed by atoms with Crippen LogP contribution in [-0.4, -0.2) is 82.5 Å². The lowest BCUT2D eigenvalue weighted by atomic mass is 9.26. The summed E-state index contributed by atoms with van der Waals surface area (Å²) < 4.78 is 29.2. The van der Waals surface area contributed by atoms with Gasteiger partial charge in [0.1, 0.15) is 18.0 Å². The van der Waals surface area contributed by atoms with E-state index >= 15 is 0 Å². The third kappa shape index (κ3) is 6.34. The molecule has 4 heterocycles. The first-order valence-electron chi connectivity index (χ1n) is 14.4. The second-order valence-corrected chi connectivity index (χ2v) is 12.1. The van der Waals surface area contributed by atoms with E-state index in [1.54, 1.807) is 30.8 Å². The minimum Gasteiger partial charge on any atom is -0.482 e. The lowest BCUT2D eigenvalue weighted by molar-refractivity contribution is -0.145. The SMILES string of the molecule is [B]C([B])([B])C([B])([B])n1nc(Cl)c2c1-c1cnc(NCOC(=O)C(N)C(C)C)c(c1)O[C@H](C)c1cc(F)ccc1-c1nn(C)cc1C2. The summed E-state index contributed by atoms with van der Waals surface area (Å²) in [5.74, 6) is -0.778. The average Bonchev–Trinajstić information content (AvgIpc) is 3.51. The molecule has 0 fully saturated rings. The van der Waals surface area contributed by atoms with Gasteiger partial charge in [0.15, 0.2) is 23.5 Å². The minimum atomic E-state index is -2.15. The number of carbonyl (C=O) groups excluding carboxylic acids is 1. The highest BCUT2D eigenvalue weighted by atomic mass is 35.5. The van der Waals surface area contributed by atoms with Crippen LogP contribution in [0.15, 0.2) is 36.7 Å². The maximum atomic E-state index is 14.7. The molecule has 5 rings (SSSR count). The first-order chi connectivity index (χ1) is 21.5. The van der Waals surface area contributed by atoms with Gasteiger partial charge in [-0.15, -0.1) is 5.11 Å². The molecule has 1 aliphatic heterocycles. The number of nitrogens with zero attached hydrogens (tertiary/aromatic N) is 5. The van der Waals surface area contributed by atoms with Crippen LogP contribution in [0.4, 0.5) is 10.2 Å². The lowest BCUT2D eigenvalue weighted by Gasteiger charge is -2.43. The molecule has 17 heteroatoms. The fraction of sp³-hybridized carbons (Fsp3) is 0.379. The molecule has 0 spiro atoms. The molecule has 1 aliphatic rings. The van der Waals surface area contributed by atoms with Crippen LogP contribution in [0, 0.1) is 11.7 Å². The zero-order valence-corrected chi connectivity index (χ0v) is 26.5. The summed E-state index contributed by atoms with van der Waals surface area (Å²) >= 11 is 6.75. The van der Waals surface area contributed by atoms with Crippen LogP contribution in [0.5, 0.6) is 5.75 Å². The number of nitrogens with two attached hydrogens (primary N) is 1. The molecular weight excluding hydrogens is 603 g/mol. The van der Waals surface area contributed by atoms with Crippen LogP contribution >= 0.6 is 11.6 Å². The largest absolute Gasteiger partial charge is 0.482 e. The van der Waals surface area contributed by atoms with Crippen molar-refractivity contribution in [1.29, 1.82) is 0 Å². The number of pyridine rings is 1. The number of rotatable bonds is 7. The number of hydrogen-bond acceptors (Lipinski definition) is 8. The number of halogens is 2. The number of aromatic nitrogens is 5. The zero-order chi connectivity index (χ0) is 33.7. The number of ether oxygens (including phenoxy) is 2. The van der Waals surface area contributed by atoms with Crippen LogP contribution in [0.3, 0.4) is 0 Å². The van der Waals surface area contributed by atoms with Gasteiger partial charge in [-0.25, -0.2) is 9.37 Å². The van der Waals surface area contributed by atoms with E-state index in [-0.39, 0.29) is 35.8 Å². The summed E-state index contributed by atoms with van der Waals surface area (Å²) in [6.45, 7) is 5.11. The Labute approximate surface area is 278 Å². The lowest BCUT2D eigenvalue weighted by Crippen LogP contribution is -2.49. The smallest absolute Gasteiger partial charge is 0.324 e. The molecule has 1 unspecified atom stereocenters. The van der Waals surface area contributed by atoms with Crippen molar-refractivity contribution in [2.75, 3.05) is 12.0 Å². The highest BCUT2D eigenvalue weighted by Gasteiger charge is 2.37. The third-order valence-corrected chi connectivity index (χ3v) is 8.14. The average molecular weight is 631 g/mol. The molecule has 0 amide bonds. The van der Waals surface area contributed by atoms with Crippen molar-refractivity contribution in [3.05, 3.63) is 64.3 Å². The number of carbonyl (C=O) groups is 1. The van der Waals surface area contributed by atoms with Gasteiger partial charge in [-0.3, -0.25) is 14.2 Å². The molecule has 2 bridgehead atoms. The van der Waals surface area contributed by atoms with Crippen LogP contribution in [0.25, 0.3) is 22.5 Å². The topological polar surface area (TPSA) is 122 Å². The highest BCUT2D eigenvalue weighted by Crippen LogP contribution is 2.43. The van der Waals surface area contributed by atoms with E-state index in [4.69, 9.17) is 66.0 Å². The molecule has 4 aromatic rings. The van der Waals surface area contributed by atoms with Crippen molar-refractivity contribution in [3.8, 4) is 28.3 Å². The number of nitrogens with one attached hydrogen (secondary N) is 1. The van der Waals surface area contributed by atoms with Gasteiger partial charge < -0.3 is 20.5 Å². The Morgan fingerprint density at radius 1 is 1.24 bits per heavy atom. The van der Waals surface area contributed by atoms with E-state index in [9.17, 15) is 9.18 Å². The highest BCUT2D eigenvalue weighted by molar-refractivity contribution is 6.66. The van der Waals surface area contributed by atoms with E-state index in [1.165, 1.54) is 18.3 Å². The Hall–Kier alpha value is -3.64. The normalized spacial score (nSPS) is 15.4. The molecule has 46 heavy (non-hydrogen) atoms. The number of aryl methyl sites for hydroxylation is 1. The van der Waals surface area contributed by atoms with Crippen molar-refractivity contribution in [1.82, 2.24) is 24.5 Å². The number of hydrogen-bond donors (Lipinski definition) is 2. The van der Waals surface area contributed by atoms with E-state index in [1.807, 2.05) is 20.0 Å². The zero-order valence-electron chi connectivity index (χ0n) is 25.8. The predicted molar refractivity (Wildman–Crippen MR) is 178 cm³/mol. The van der Waals surface area contributed by atoms with Crippen molar-refractivity contribution >= 4 is 62.6 Å². The van der Waals surface area contributed by atoms with Crippen LogP contribution < -0.4 is 15.8 Å². The molecule has 10 nitrogen and oxygen atoms in total. The molecule has 0 saturated carbocycles. The number of esters is 1. The van der Waals surface area contributed by atoms with Crippen LogP contribution in [0.1, 0.15) is 43.6 Å². The maximum Gasteiger partial charge on any atom is 0.324 e. The second-order valence-electron chi connectivity index (χ2n) is 11.8. The van der Waals surface area contributed by atoms with E-state index in [0.29, 0.717) is 33.6 Å². The minimum absolute atomic E-state index is 0.0390. The van der Waals surface area contributed by atoms with Gasteiger partial charge in [0.25, 0.3) is 0 Å². The van der Waals surface area contributed by atoms with Crippen LogP contribution in [-0.2, 0) is 28.3 Å². The molecule has 3 N–H and O–H groups in total. The van der Waals surface area contributed by atoms with Crippen molar-refractivity contribution < 1.29 is 18.7 Å². The Kier molecular flexibility index (Phi) is 9.18. The first kappa shape index (κ1) is 33.7. The molecular formula is C29H28B5ClFN7O3. The third-order valence-electron chi connectivity index (χ3n) is 7.83. The summed E-state index contributed by atoms with van der Waals surface area (Å²) in [6.07, 6.45) is 2.76. The Morgan fingerprint density at radius 2 is 1.96 bits per heavy atom. The van der Waals surface area contributed by atoms with Crippen molar-refractivity contribution in [2.24, 2.45) is 18.7 Å². The van der Waals surface area contributed by atoms with Gasteiger partial charge in [0.05, 0.1) is 50.6 Å². The van der Waals surface area contributed by atoms with E-state index in [2.05, 4.69) is 20.5 Å². The van der Waals surface area contributed by atoms with Crippen molar-refractivity contribution in [2.45, 2.75) is 49.8 Å². The van der Waals surface area contributed by atoms with E-state index < -0.39 is 34.4 Å². The summed E-state index contributed by atoms with van der Waals surface area (Å²) in [7, 11) is 32.6. The summed E-state index contributed by atoms with van der Waals surface area (Å²) in [6, 6.07) is 5.19. The quantitative estimate of drug-likeness (QED) is 0.182. The van der Waals surface area contributed by atoms with Gasteiger partial charge in [-0.1, -0.05) is 25.4 Å².